The highest BCUT2D eigenvalue weighted by Gasteiger charge is 2.15. The first-order chi connectivity index (χ1) is 14.6. The van der Waals surface area contributed by atoms with Crippen LogP contribution >= 0.6 is 0 Å². The van der Waals surface area contributed by atoms with Crippen molar-refractivity contribution in [1.29, 1.82) is 5.26 Å². The Labute approximate surface area is 177 Å². The molecule has 150 valence electrons. The quantitative estimate of drug-likeness (QED) is 0.404. The number of rotatable bonds is 6. The monoisotopic (exact) mass is 394 g/mol. The van der Waals surface area contributed by atoms with Gasteiger partial charge in [-0.05, 0) is 54.7 Å². The van der Waals surface area contributed by atoms with E-state index in [2.05, 4.69) is 54.8 Å². The average molecular weight is 395 g/mol. The van der Waals surface area contributed by atoms with Crippen molar-refractivity contribution in [2.75, 3.05) is 0 Å². The van der Waals surface area contributed by atoms with E-state index in [1.165, 1.54) is 11.1 Å². The van der Waals surface area contributed by atoms with Crippen LogP contribution in [0.3, 0.4) is 0 Å². The average Bonchev–Trinajstić information content (AvgIpc) is 3.10. The molecule has 0 aliphatic heterocycles. The van der Waals surface area contributed by atoms with Crippen LogP contribution in [-0.2, 0) is 13.0 Å². The van der Waals surface area contributed by atoms with Gasteiger partial charge >= 0.3 is 0 Å². The Bertz CT molecular complexity index is 1230. The summed E-state index contributed by atoms with van der Waals surface area (Å²) in [5.74, 6) is 1.10. The predicted molar refractivity (Wildman–Crippen MR) is 121 cm³/mol. The summed E-state index contributed by atoms with van der Waals surface area (Å²) >= 11 is 0. The lowest BCUT2D eigenvalue weighted by Crippen LogP contribution is -2.06. The number of hydrogen-bond donors (Lipinski definition) is 0. The standard InChI is InChI=1S/C26H26N4/c1-4-5-10-24-29-25-18(2)15-19(3)28-26(25)30(24)17-20-11-13-21(14-12-20)23-9-7-6-8-22(23)16-27/h6-9,11-15H,4-5,10,17H2,1-3H3. The molecular weight excluding hydrogens is 368 g/mol. The van der Waals surface area contributed by atoms with Crippen LogP contribution in [0.25, 0.3) is 22.3 Å². The third-order valence-electron chi connectivity index (χ3n) is 5.51. The molecule has 0 N–H and O–H groups in total. The van der Waals surface area contributed by atoms with Crippen LogP contribution < -0.4 is 0 Å². The van der Waals surface area contributed by atoms with E-state index in [0.29, 0.717) is 5.56 Å². The van der Waals surface area contributed by atoms with Crippen LogP contribution in [0, 0.1) is 25.2 Å². The SMILES string of the molecule is CCCCc1nc2c(C)cc(C)nc2n1Cc1ccc(-c2ccccc2C#N)cc1. The van der Waals surface area contributed by atoms with Crippen LogP contribution in [0.2, 0.25) is 0 Å². The van der Waals surface area contributed by atoms with Gasteiger partial charge in [-0.1, -0.05) is 55.8 Å². The van der Waals surface area contributed by atoms with Crippen molar-refractivity contribution in [2.24, 2.45) is 0 Å². The Hall–Kier alpha value is -3.45. The number of nitrogens with zero attached hydrogens (tertiary/aromatic N) is 4. The number of hydrogen-bond acceptors (Lipinski definition) is 3. The minimum atomic E-state index is 0.697. The third kappa shape index (κ3) is 3.84. The van der Waals surface area contributed by atoms with Gasteiger partial charge in [-0.15, -0.1) is 0 Å². The first-order valence-corrected chi connectivity index (χ1v) is 10.5. The zero-order valence-electron chi connectivity index (χ0n) is 17.8. The van der Waals surface area contributed by atoms with Gasteiger partial charge in [0.1, 0.15) is 11.3 Å². The molecule has 2 aromatic carbocycles. The highest BCUT2D eigenvalue weighted by molar-refractivity contribution is 5.76. The zero-order chi connectivity index (χ0) is 21.1. The number of imidazole rings is 1. The molecule has 0 fully saturated rings. The van der Waals surface area contributed by atoms with Crippen molar-refractivity contribution in [1.82, 2.24) is 14.5 Å². The van der Waals surface area contributed by atoms with Gasteiger partial charge in [-0.2, -0.15) is 5.26 Å². The molecular formula is C26H26N4. The number of aryl methyl sites for hydroxylation is 3. The lowest BCUT2D eigenvalue weighted by Gasteiger charge is -2.11. The minimum Gasteiger partial charge on any atom is -0.308 e. The van der Waals surface area contributed by atoms with Crippen LogP contribution in [0.4, 0.5) is 0 Å². The maximum Gasteiger partial charge on any atom is 0.160 e. The topological polar surface area (TPSA) is 54.5 Å². The van der Waals surface area contributed by atoms with Gasteiger partial charge in [0.25, 0.3) is 0 Å². The first kappa shape index (κ1) is 19.8. The summed E-state index contributed by atoms with van der Waals surface area (Å²) in [7, 11) is 0. The van der Waals surface area contributed by atoms with Crippen LogP contribution in [0.1, 0.15) is 48.0 Å². The van der Waals surface area contributed by atoms with Gasteiger partial charge in [0.05, 0.1) is 18.2 Å². The third-order valence-corrected chi connectivity index (χ3v) is 5.51. The molecule has 0 radical (unpaired) electrons. The van der Waals surface area contributed by atoms with E-state index >= 15 is 0 Å². The van der Waals surface area contributed by atoms with Crippen LogP contribution in [0.5, 0.6) is 0 Å². The van der Waals surface area contributed by atoms with E-state index in [-0.39, 0.29) is 0 Å². The molecule has 4 aromatic rings. The lowest BCUT2D eigenvalue weighted by atomic mass is 9.99. The molecule has 0 atom stereocenters. The summed E-state index contributed by atoms with van der Waals surface area (Å²) in [6, 6.07) is 20.6. The van der Waals surface area contributed by atoms with E-state index in [0.717, 1.165) is 59.6 Å². The van der Waals surface area contributed by atoms with Crippen molar-refractivity contribution in [2.45, 2.75) is 46.6 Å². The van der Waals surface area contributed by atoms with E-state index in [4.69, 9.17) is 9.97 Å². The molecule has 2 aromatic heterocycles. The Morgan fingerprint density at radius 2 is 1.77 bits per heavy atom. The summed E-state index contributed by atoms with van der Waals surface area (Å²) in [5, 5.41) is 9.39. The Balaban J connectivity index is 1.71. The van der Waals surface area contributed by atoms with Crippen molar-refractivity contribution >= 4 is 11.2 Å². The van der Waals surface area contributed by atoms with Gasteiger partial charge in [-0.3, -0.25) is 0 Å². The Kier molecular flexibility index (Phi) is 5.63. The summed E-state index contributed by atoms with van der Waals surface area (Å²) < 4.78 is 2.27. The molecule has 0 aliphatic rings. The fourth-order valence-corrected chi connectivity index (χ4v) is 3.94. The maximum absolute atomic E-state index is 9.39. The highest BCUT2D eigenvalue weighted by Crippen LogP contribution is 2.25. The van der Waals surface area contributed by atoms with Gasteiger partial charge in [0.15, 0.2) is 5.65 Å². The van der Waals surface area contributed by atoms with E-state index in [9.17, 15) is 5.26 Å². The van der Waals surface area contributed by atoms with Crippen molar-refractivity contribution in [3.8, 4) is 17.2 Å². The largest absolute Gasteiger partial charge is 0.308 e. The van der Waals surface area contributed by atoms with Crippen LogP contribution in [-0.4, -0.2) is 14.5 Å². The molecule has 2 heterocycles. The Morgan fingerprint density at radius 3 is 2.50 bits per heavy atom. The molecule has 0 amide bonds. The minimum absolute atomic E-state index is 0.697. The van der Waals surface area contributed by atoms with Gasteiger partial charge in [-0.25, -0.2) is 9.97 Å². The fraction of sp³-hybridized carbons (Fsp3) is 0.269. The summed E-state index contributed by atoms with van der Waals surface area (Å²) in [6.45, 7) is 7.10. The second kappa shape index (κ2) is 8.51. The number of unbranched alkanes of at least 4 members (excludes halogenated alkanes) is 1. The fourth-order valence-electron chi connectivity index (χ4n) is 3.94. The maximum atomic E-state index is 9.39. The van der Waals surface area contributed by atoms with Crippen molar-refractivity contribution in [3.05, 3.63) is 82.8 Å². The second-order valence-corrected chi connectivity index (χ2v) is 7.82. The van der Waals surface area contributed by atoms with Crippen LogP contribution in [0.15, 0.2) is 54.6 Å². The lowest BCUT2D eigenvalue weighted by molar-refractivity contribution is 0.686. The van der Waals surface area contributed by atoms with E-state index < -0.39 is 0 Å². The van der Waals surface area contributed by atoms with E-state index in [1.54, 1.807) is 0 Å². The molecule has 0 spiro atoms. The van der Waals surface area contributed by atoms with Crippen molar-refractivity contribution < 1.29 is 0 Å². The highest BCUT2D eigenvalue weighted by atomic mass is 15.1. The number of benzene rings is 2. The predicted octanol–water partition coefficient (Wildman–Crippen LogP) is 5.98. The molecule has 4 nitrogen and oxygen atoms in total. The zero-order valence-corrected chi connectivity index (χ0v) is 17.8. The molecule has 0 bridgehead atoms. The smallest absolute Gasteiger partial charge is 0.160 e. The summed E-state index contributed by atoms with van der Waals surface area (Å²) in [5.41, 5.74) is 8.10. The van der Waals surface area contributed by atoms with Gasteiger partial charge in [0.2, 0.25) is 0 Å². The molecule has 4 rings (SSSR count). The molecule has 0 saturated carbocycles. The molecule has 4 heteroatoms. The number of pyridine rings is 1. The van der Waals surface area contributed by atoms with Crippen molar-refractivity contribution in [3.63, 3.8) is 0 Å². The first-order valence-electron chi connectivity index (χ1n) is 10.5. The number of fused-ring (bicyclic) bond motifs is 1. The van der Waals surface area contributed by atoms with Gasteiger partial charge in [0, 0.05) is 12.1 Å². The number of aromatic nitrogens is 3. The molecule has 0 aliphatic carbocycles. The summed E-state index contributed by atoms with van der Waals surface area (Å²) in [4.78, 5) is 9.75. The number of nitriles is 1. The Morgan fingerprint density at radius 1 is 1.00 bits per heavy atom. The van der Waals surface area contributed by atoms with Gasteiger partial charge < -0.3 is 4.57 Å². The molecule has 0 saturated heterocycles. The molecule has 30 heavy (non-hydrogen) atoms. The van der Waals surface area contributed by atoms with E-state index in [1.807, 2.05) is 31.2 Å². The normalized spacial score (nSPS) is 11.0. The molecule has 0 unspecified atom stereocenters. The summed E-state index contributed by atoms with van der Waals surface area (Å²) in [6.07, 6.45) is 3.21. The second-order valence-electron chi connectivity index (χ2n) is 7.82.